The maximum absolute atomic E-state index is 11.7. The van der Waals surface area contributed by atoms with E-state index in [1.165, 1.54) is 0 Å². The van der Waals surface area contributed by atoms with Crippen molar-refractivity contribution in [2.24, 2.45) is 11.8 Å². The van der Waals surface area contributed by atoms with E-state index in [4.69, 9.17) is 9.84 Å². The van der Waals surface area contributed by atoms with Gasteiger partial charge in [-0.2, -0.15) is 0 Å². The normalized spacial score (nSPS) is 15.6. The molecule has 0 saturated carbocycles. The molecule has 0 aromatic rings. The number of hydrogen-bond donors (Lipinski definition) is 2. The highest BCUT2D eigenvalue weighted by Crippen LogP contribution is 2.10. The third-order valence-electron chi connectivity index (χ3n) is 3.09. The number of carboxylic acid groups (broad SMARTS) is 1. The lowest BCUT2D eigenvalue weighted by Crippen LogP contribution is -2.34. The summed E-state index contributed by atoms with van der Waals surface area (Å²) in [6.45, 7) is 6.21. The van der Waals surface area contributed by atoms with Crippen LogP contribution in [0.1, 0.15) is 46.5 Å². The first kappa shape index (κ1) is 17.9. The number of carbonyl (C=O) groups excluding carboxylic acids is 1. The molecule has 0 aliphatic heterocycles. The molecule has 0 aromatic heterocycles. The van der Waals surface area contributed by atoms with Gasteiger partial charge in [0, 0.05) is 26.2 Å². The second-order valence-corrected chi connectivity index (χ2v) is 5.40. The van der Waals surface area contributed by atoms with Gasteiger partial charge in [-0.05, 0) is 25.7 Å². The molecular weight excluding hydrogens is 246 g/mol. The summed E-state index contributed by atoms with van der Waals surface area (Å²) >= 11 is 0. The fourth-order valence-corrected chi connectivity index (χ4v) is 1.92. The Morgan fingerprint density at radius 3 is 2.37 bits per heavy atom. The third kappa shape index (κ3) is 9.47. The van der Waals surface area contributed by atoms with Crippen molar-refractivity contribution in [3.05, 3.63) is 0 Å². The molecule has 5 nitrogen and oxygen atoms in total. The van der Waals surface area contributed by atoms with Gasteiger partial charge in [-0.3, -0.25) is 9.59 Å². The van der Waals surface area contributed by atoms with E-state index in [0.717, 1.165) is 12.8 Å². The minimum atomic E-state index is -0.759. The smallest absolute Gasteiger partial charge is 0.306 e. The number of aliphatic carboxylic acids is 1. The van der Waals surface area contributed by atoms with Gasteiger partial charge >= 0.3 is 5.97 Å². The van der Waals surface area contributed by atoms with Gasteiger partial charge in [-0.1, -0.05) is 20.3 Å². The molecule has 0 rings (SSSR count). The largest absolute Gasteiger partial charge is 0.481 e. The number of carboxylic acids is 1. The second-order valence-electron chi connectivity index (χ2n) is 5.40. The first-order valence-corrected chi connectivity index (χ1v) is 6.87. The molecule has 0 aliphatic carbocycles. The van der Waals surface area contributed by atoms with E-state index in [9.17, 15) is 9.59 Å². The van der Waals surface area contributed by atoms with Crippen LogP contribution in [0.4, 0.5) is 0 Å². The molecule has 0 aliphatic rings. The van der Waals surface area contributed by atoms with Crippen LogP contribution in [0, 0.1) is 11.8 Å². The average Bonchev–Trinajstić information content (AvgIpc) is 2.28. The van der Waals surface area contributed by atoms with Crippen LogP contribution in [0.5, 0.6) is 0 Å². The summed E-state index contributed by atoms with van der Waals surface area (Å²) in [5, 5.41) is 11.7. The van der Waals surface area contributed by atoms with Crippen molar-refractivity contribution in [2.45, 2.75) is 52.5 Å². The van der Waals surface area contributed by atoms with Crippen LogP contribution in [0.2, 0.25) is 0 Å². The summed E-state index contributed by atoms with van der Waals surface area (Å²) in [6.07, 6.45) is 2.73. The molecule has 0 saturated heterocycles. The van der Waals surface area contributed by atoms with Gasteiger partial charge in [0.1, 0.15) is 0 Å². The SMILES string of the molecule is COCC(C)CC(=O)NC(C)CCCC(C)C(=O)O. The highest BCUT2D eigenvalue weighted by Gasteiger charge is 2.13. The van der Waals surface area contributed by atoms with Crippen molar-refractivity contribution in [3.8, 4) is 0 Å². The topological polar surface area (TPSA) is 75.6 Å². The molecule has 0 bridgehead atoms. The molecule has 0 spiro atoms. The lowest BCUT2D eigenvalue weighted by Gasteiger charge is -2.16. The fourth-order valence-electron chi connectivity index (χ4n) is 1.92. The predicted octanol–water partition coefficient (Wildman–Crippen LogP) is 2.05. The van der Waals surface area contributed by atoms with E-state index in [-0.39, 0.29) is 23.8 Å². The number of rotatable bonds is 10. The Hall–Kier alpha value is -1.10. The molecule has 0 heterocycles. The zero-order valence-electron chi connectivity index (χ0n) is 12.4. The van der Waals surface area contributed by atoms with E-state index in [1.54, 1.807) is 14.0 Å². The molecule has 2 N–H and O–H groups in total. The highest BCUT2D eigenvalue weighted by molar-refractivity contribution is 5.76. The van der Waals surface area contributed by atoms with Crippen LogP contribution in [0.25, 0.3) is 0 Å². The quantitative estimate of drug-likeness (QED) is 0.639. The number of hydrogen-bond acceptors (Lipinski definition) is 3. The van der Waals surface area contributed by atoms with E-state index >= 15 is 0 Å². The van der Waals surface area contributed by atoms with Crippen LogP contribution < -0.4 is 5.32 Å². The number of amides is 1. The fraction of sp³-hybridized carbons (Fsp3) is 0.857. The Bertz CT molecular complexity index is 281. The molecule has 0 aromatic carbocycles. The maximum Gasteiger partial charge on any atom is 0.306 e. The number of ether oxygens (including phenoxy) is 1. The standard InChI is InChI=1S/C14H27NO4/c1-10(9-19-4)8-13(16)15-12(3)7-5-6-11(2)14(17)18/h10-12H,5-9H2,1-4H3,(H,15,16)(H,17,18). The molecule has 0 fully saturated rings. The third-order valence-corrected chi connectivity index (χ3v) is 3.09. The average molecular weight is 273 g/mol. The van der Waals surface area contributed by atoms with Gasteiger partial charge in [0.15, 0.2) is 0 Å². The van der Waals surface area contributed by atoms with Gasteiger partial charge in [-0.15, -0.1) is 0 Å². The van der Waals surface area contributed by atoms with Crippen LogP contribution in [-0.4, -0.2) is 36.7 Å². The maximum atomic E-state index is 11.7. The van der Waals surface area contributed by atoms with Crippen molar-refractivity contribution in [1.29, 1.82) is 0 Å². The van der Waals surface area contributed by atoms with Gasteiger partial charge in [0.2, 0.25) is 5.91 Å². The van der Waals surface area contributed by atoms with Crippen LogP contribution >= 0.6 is 0 Å². The number of nitrogens with one attached hydrogen (secondary N) is 1. The van der Waals surface area contributed by atoms with Crippen molar-refractivity contribution < 1.29 is 19.4 Å². The molecule has 112 valence electrons. The summed E-state index contributed by atoms with van der Waals surface area (Å²) in [5.74, 6) is -0.831. The highest BCUT2D eigenvalue weighted by atomic mass is 16.5. The Balaban J connectivity index is 3.76. The molecule has 19 heavy (non-hydrogen) atoms. The molecule has 3 atom stereocenters. The lowest BCUT2D eigenvalue weighted by molar-refractivity contribution is -0.141. The van der Waals surface area contributed by atoms with E-state index in [2.05, 4.69) is 5.32 Å². The molecule has 1 amide bonds. The zero-order chi connectivity index (χ0) is 14.8. The minimum Gasteiger partial charge on any atom is -0.481 e. The Morgan fingerprint density at radius 1 is 1.21 bits per heavy atom. The van der Waals surface area contributed by atoms with Crippen molar-refractivity contribution in [3.63, 3.8) is 0 Å². The van der Waals surface area contributed by atoms with Crippen molar-refractivity contribution >= 4 is 11.9 Å². The lowest BCUT2D eigenvalue weighted by atomic mass is 10.0. The van der Waals surface area contributed by atoms with Crippen LogP contribution in [0.15, 0.2) is 0 Å². The Labute approximate surface area is 115 Å². The first-order valence-electron chi connectivity index (χ1n) is 6.87. The van der Waals surface area contributed by atoms with Crippen molar-refractivity contribution in [2.75, 3.05) is 13.7 Å². The summed E-state index contributed by atoms with van der Waals surface area (Å²) in [5.41, 5.74) is 0. The van der Waals surface area contributed by atoms with Crippen LogP contribution in [0.3, 0.4) is 0 Å². The van der Waals surface area contributed by atoms with Gasteiger partial charge in [-0.25, -0.2) is 0 Å². The van der Waals surface area contributed by atoms with Gasteiger partial charge in [0.25, 0.3) is 0 Å². The monoisotopic (exact) mass is 273 g/mol. The molecule has 3 unspecified atom stereocenters. The Kier molecular flexibility index (Phi) is 9.21. The summed E-state index contributed by atoms with van der Waals surface area (Å²) < 4.78 is 4.99. The Morgan fingerprint density at radius 2 is 1.84 bits per heavy atom. The first-order chi connectivity index (χ1) is 8.86. The predicted molar refractivity (Wildman–Crippen MR) is 73.9 cm³/mol. The van der Waals surface area contributed by atoms with Gasteiger partial charge in [0.05, 0.1) is 5.92 Å². The molecule has 5 heteroatoms. The van der Waals surface area contributed by atoms with E-state index in [1.807, 2.05) is 13.8 Å². The summed E-state index contributed by atoms with van der Waals surface area (Å²) in [7, 11) is 1.63. The minimum absolute atomic E-state index is 0.0309. The molecular formula is C14H27NO4. The van der Waals surface area contributed by atoms with E-state index < -0.39 is 5.97 Å². The second kappa shape index (κ2) is 9.78. The summed E-state index contributed by atoms with van der Waals surface area (Å²) in [4.78, 5) is 22.3. The van der Waals surface area contributed by atoms with E-state index in [0.29, 0.717) is 19.4 Å². The molecule has 0 radical (unpaired) electrons. The van der Waals surface area contributed by atoms with Crippen LogP contribution in [-0.2, 0) is 14.3 Å². The summed E-state index contributed by atoms with van der Waals surface area (Å²) in [6, 6.07) is 0.0863. The van der Waals surface area contributed by atoms with Crippen molar-refractivity contribution in [1.82, 2.24) is 5.32 Å². The number of methoxy groups -OCH3 is 1. The number of carbonyl (C=O) groups is 2. The zero-order valence-corrected chi connectivity index (χ0v) is 12.4. The van der Waals surface area contributed by atoms with Gasteiger partial charge < -0.3 is 15.2 Å².